The molecule has 0 unspecified atom stereocenters. The van der Waals surface area contributed by atoms with Crippen molar-refractivity contribution in [2.75, 3.05) is 16.5 Å². The van der Waals surface area contributed by atoms with Crippen LogP contribution in [0.4, 0.5) is 22.7 Å². The Morgan fingerprint density at radius 1 is 0.421 bits per heavy atom. The number of nitrogens with zero attached hydrogens (tertiary/aromatic N) is 4. The van der Waals surface area contributed by atoms with E-state index in [9.17, 15) is 0 Å². The first-order valence-corrected chi connectivity index (χ1v) is 27.0. The van der Waals surface area contributed by atoms with Gasteiger partial charge < -0.3 is 14.5 Å². The first kappa shape index (κ1) is 50.3. The number of hydrogen-bond donors (Lipinski definition) is 0. The number of fused-ring (bicyclic) bond motifs is 4. The average Bonchev–Trinajstić information content (AvgIpc) is 3.92. The Labute approximate surface area is 451 Å². The van der Waals surface area contributed by atoms with Gasteiger partial charge in [-0.25, -0.2) is 4.98 Å². The molecule has 0 amide bonds. The van der Waals surface area contributed by atoms with Crippen LogP contribution in [0.5, 0.6) is 11.5 Å². The number of rotatable bonds is 8. The molecule has 0 radical (unpaired) electrons. The molecular weight excluding hydrogens is 925 g/mol. The second-order valence-electron chi connectivity index (χ2n) is 25.1. The number of anilines is 4. The van der Waals surface area contributed by atoms with E-state index in [0.29, 0.717) is 6.67 Å². The molecule has 1 aliphatic heterocycles. The summed E-state index contributed by atoms with van der Waals surface area (Å²) in [7, 11) is 0. The van der Waals surface area contributed by atoms with Gasteiger partial charge in [-0.15, -0.1) is 0 Å². The van der Waals surface area contributed by atoms with Gasteiger partial charge in [-0.05, 0) is 145 Å². The Balaban J connectivity index is 1.03. The van der Waals surface area contributed by atoms with Gasteiger partial charge in [0.1, 0.15) is 24.0 Å². The Bertz CT molecular complexity index is 3830. The monoisotopic (exact) mass is 997 g/mol. The smallest absolute Gasteiger partial charge is 0.137 e. The topological polar surface area (TPSA) is 33.5 Å². The molecule has 5 heteroatoms. The first-order chi connectivity index (χ1) is 36.1. The summed E-state index contributed by atoms with van der Waals surface area (Å²) in [5.74, 6) is 2.42. The zero-order valence-corrected chi connectivity index (χ0v) is 46.8. The van der Waals surface area contributed by atoms with E-state index < -0.39 is 0 Å². The highest BCUT2D eigenvalue weighted by Gasteiger charge is 2.34. The molecule has 5 nitrogen and oxygen atoms in total. The minimum Gasteiger partial charge on any atom is -0.457 e. The highest BCUT2D eigenvalue weighted by atomic mass is 16.5. The van der Waals surface area contributed by atoms with Gasteiger partial charge in [0.15, 0.2) is 0 Å². The fourth-order valence-electron chi connectivity index (χ4n) is 11.1. The molecule has 10 aromatic rings. The van der Waals surface area contributed by atoms with Crippen LogP contribution >= 0.6 is 0 Å². The molecule has 0 saturated heterocycles. The van der Waals surface area contributed by atoms with Gasteiger partial charge in [0.05, 0.1) is 28.1 Å². The lowest BCUT2D eigenvalue weighted by molar-refractivity contribution is 0.483. The van der Waals surface area contributed by atoms with Crippen molar-refractivity contribution in [3.63, 3.8) is 0 Å². The number of aryl methyl sites for hydroxylation is 1. The van der Waals surface area contributed by atoms with Crippen molar-refractivity contribution < 1.29 is 4.74 Å². The van der Waals surface area contributed by atoms with Crippen molar-refractivity contribution in [1.29, 1.82) is 0 Å². The van der Waals surface area contributed by atoms with Gasteiger partial charge in [-0.1, -0.05) is 186 Å². The second-order valence-corrected chi connectivity index (χ2v) is 25.1. The SMILES string of the molecule is Cc1ccc2c(c1)N(c1c(-c3ccc(-c4ccccc4C(C)(C)C)cc3)cc(C(C)(C)C)cc1-c1cccc(C(C)(C)C)c1)CN2c1cccc(Oc2ccc3c4ccccc4n(-c4cc(C(C)(C)C)ccn4)c3c2)c1. The van der Waals surface area contributed by atoms with Gasteiger partial charge in [0.2, 0.25) is 0 Å². The van der Waals surface area contributed by atoms with Gasteiger partial charge in [0, 0.05) is 45.9 Å². The standard InChI is InChI=1S/C71H72N4O/c1-46-28-35-63-65(38-46)74(45-73(63)53-22-19-23-54(43-53)76-55-33-34-58-57-25-15-17-27-62(57)75(64(58)44-55)66-42-51(36-37-72-66)69(5,6)7)67-59(48-31-29-47(30-32-48)56-24-14-16-26-61(56)71(11,12)13)40-52(70(8,9)10)41-60(67)49-20-18-21-50(39-49)68(2,3)4/h14-44H,45H2,1-13H3. The van der Waals surface area contributed by atoms with Crippen LogP contribution in [-0.4, -0.2) is 16.2 Å². The Morgan fingerprint density at radius 2 is 1.05 bits per heavy atom. The largest absolute Gasteiger partial charge is 0.457 e. The van der Waals surface area contributed by atoms with Crippen molar-refractivity contribution in [3.8, 4) is 50.7 Å². The summed E-state index contributed by atoms with van der Waals surface area (Å²) in [6.45, 7) is 30.4. The summed E-state index contributed by atoms with van der Waals surface area (Å²) in [4.78, 5) is 9.94. The van der Waals surface area contributed by atoms with Gasteiger partial charge >= 0.3 is 0 Å². The van der Waals surface area contributed by atoms with E-state index in [4.69, 9.17) is 9.72 Å². The molecule has 382 valence electrons. The van der Waals surface area contributed by atoms with Crippen molar-refractivity contribution in [1.82, 2.24) is 9.55 Å². The summed E-state index contributed by atoms with van der Waals surface area (Å²) >= 11 is 0. The van der Waals surface area contributed by atoms with Gasteiger partial charge in [-0.2, -0.15) is 0 Å². The van der Waals surface area contributed by atoms with Crippen LogP contribution < -0.4 is 14.5 Å². The third-order valence-corrected chi connectivity index (χ3v) is 15.4. The lowest BCUT2D eigenvalue weighted by Gasteiger charge is -2.31. The van der Waals surface area contributed by atoms with Crippen LogP contribution in [0.1, 0.15) is 111 Å². The summed E-state index contributed by atoms with van der Waals surface area (Å²) in [5.41, 5.74) is 20.3. The molecule has 8 aromatic carbocycles. The molecule has 0 saturated carbocycles. The van der Waals surface area contributed by atoms with Crippen molar-refractivity contribution in [2.45, 2.75) is 112 Å². The second kappa shape index (κ2) is 18.7. The number of para-hydroxylation sites is 1. The highest BCUT2D eigenvalue weighted by molar-refractivity contribution is 6.09. The van der Waals surface area contributed by atoms with E-state index in [-0.39, 0.29) is 21.7 Å². The van der Waals surface area contributed by atoms with E-state index >= 15 is 0 Å². The van der Waals surface area contributed by atoms with Crippen LogP contribution in [0, 0.1) is 6.92 Å². The molecule has 0 bridgehead atoms. The number of aromatic nitrogens is 2. The predicted molar refractivity (Wildman–Crippen MR) is 323 cm³/mol. The molecule has 0 aliphatic carbocycles. The fourth-order valence-corrected chi connectivity index (χ4v) is 11.1. The maximum absolute atomic E-state index is 6.90. The van der Waals surface area contributed by atoms with E-state index in [1.165, 1.54) is 78.0 Å². The number of hydrogen-bond acceptors (Lipinski definition) is 4. The molecule has 0 atom stereocenters. The quantitative estimate of drug-likeness (QED) is 0.152. The summed E-state index contributed by atoms with van der Waals surface area (Å²) in [6.07, 6.45) is 1.93. The van der Waals surface area contributed by atoms with Crippen molar-refractivity contribution >= 4 is 44.6 Å². The lowest BCUT2D eigenvalue weighted by atomic mass is 9.80. The van der Waals surface area contributed by atoms with Crippen molar-refractivity contribution in [2.24, 2.45) is 0 Å². The zero-order chi connectivity index (χ0) is 53.5. The number of pyridine rings is 1. The third-order valence-electron chi connectivity index (χ3n) is 15.4. The third kappa shape index (κ3) is 9.46. The van der Waals surface area contributed by atoms with E-state index in [1.54, 1.807) is 0 Å². The fraction of sp³-hybridized carbons (Fsp3) is 0.254. The summed E-state index contributed by atoms with van der Waals surface area (Å²) < 4.78 is 9.18. The molecular formula is C71H72N4O. The van der Waals surface area contributed by atoms with Crippen LogP contribution in [0.2, 0.25) is 0 Å². The molecule has 0 spiro atoms. The van der Waals surface area contributed by atoms with Gasteiger partial charge in [0.25, 0.3) is 0 Å². The Morgan fingerprint density at radius 3 is 1.78 bits per heavy atom. The molecule has 3 heterocycles. The number of benzene rings is 8. The normalized spacial score (nSPS) is 13.2. The first-order valence-electron chi connectivity index (χ1n) is 27.0. The van der Waals surface area contributed by atoms with Crippen LogP contribution in [0.15, 0.2) is 188 Å². The van der Waals surface area contributed by atoms with E-state index in [0.717, 1.165) is 45.1 Å². The summed E-state index contributed by atoms with van der Waals surface area (Å²) in [6, 6.07) is 67.2. The zero-order valence-electron chi connectivity index (χ0n) is 46.8. The van der Waals surface area contributed by atoms with Crippen LogP contribution in [0.3, 0.4) is 0 Å². The minimum atomic E-state index is -0.115. The molecule has 2 aromatic heterocycles. The average molecular weight is 997 g/mol. The van der Waals surface area contributed by atoms with E-state index in [1.807, 2.05) is 6.20 Å². The van der Waals surface area contributed by atoms with Gasteiger partial charge in [-0.3, -0.25) is 4.57 Å². The highest BCUT2D eigenvalue weighted by Crippen LogP contribution is 2.52. The molecule has 0 fully saturated rings. The molecule has 0 N–H and O–H groups in total. The minimum absolute atomic E-state index is 0.00692. The van der Waals surface area contributed by atoms with Crippen molar-refractivity contribution in [3.05, 3.63) is 216 Å². The molecule has 76 heavy (non-hydrogen) atoms. The molecule has 1 aliphatic rings. The molecule has 11 rings (SSSR count). The Kier molecular flexibility index (Phi) is 12.4. The lowest BCUT2D eigenvalue weighted by Crippen LogP contribution is -2.25. The maximum Gasteiger partial charge on any atom is 0.137 e. The van der Waals surface area contributed by atoms with Crippen LogP contribution in [-0.2, 0) is 21.7 Å². The Hall–Kier alpha value is -7.89. The summed E-state index contributed by atoms with van der Waals surface area (Å²) in [5, 5.41) is 2.34. The van der Waals surface area contributed by atoms with Crippen LogP contribution in [0.25, 0.3) is 61.0 Å². The number of ether oxygens (including phenoxy) is 1. The van der Waals surface area contributed by atoms with E-state index in [2.05, 4.69) is 286 Å². The predicted octanol–water partition coefficient (Wildman–Crippen LogP) is 19.7. The maximum atomic E-state index is 6.90.